The molecule has 0 aromatic carbocycles. The predicted molar refractivity (Wildman–Crippen MR) is 88.1 cm³/mol. The SMILES string of the molecule is Cc1ncsc1CCN(C)Cc1ccc(C2CCCCO2)o1. The lowest BCUT2D eigenvalue weighted by atomic mass is 10.1. The van der Waals surface area contributed by atoms with Crippen LogP contribution in [0.15, 0.2) is 22.1 Å². The number of hydrogen-bond donors (Lipinski definition) is 0. The van der Waals surface area contributed by atoms with Crippen LogP contribution in [0, 0.1) is 6.92 Å². The lowest BCUT2D eigenvalue weighted by molar-refractivity contribution is 0.000933. The number of rotatable bonds is 6. The molecule has 22 heavy (non-hydrogen) atoms. The van der Waals surface area contributed by atoms with E-state index in [0.717, 1.165) is 49.8 Å². The summed E-state index contributed by atoms with van der Waals surface area (Å²) in [5.41, 5.74) is 3.08. The number of ether oxygens (including phenoxy) is 1. The molecular weight excluding hydrogens is 296 g/mol. The van der Waals surface area contributed by atoms with Crippen molar-refractivity contribution >= 4 is 11.3 Å². The minimum atomic E-state index is 0.160. The van der Waals surface area contributed by atoms with E-state index in [1.54, 1.807) is 11.3 Å². The van der Waals surface area contributed by atoms with Gasteiger partial charge in [-0.15, -0.1) is 11.3 Å². The highest BCUT2D eigenvalue weighted by Crippen LogP contribution is 2.29. The zero-order valence-electron chi connectivity index (χ0n) is 13.4. The van der Waals surface area contributed by atoms with Crippen molar-refractivity contribution in [3.63, 3.8) is 0 Å². The van der Waals surface area contributed by atoms with Gasteiger partial charge in [-0.05, 0) is 51.8 Å². The zero-order chi connectivity index (χ0) is 15.4. The largest absolute Gasteiger partial charge is 0.462 e. The minimum absolute atomic E-state index is 0.160. The molecule has 120 valence electrons. The Bertz CT molecular complexity index is 587. The van der Waals surface area contributed by atoms with Crippen LogP contribution in [0.25, 0.3) is 0 Å². The first-order valence-electron chi connectivity index (χ1n) is 8.00. The van der Waals surface area contributed by atoms with Gasteiger partial charge < -0.3 is 9.15 Å². The summed E-state index contributed by atoms with van der Waals surface area (Å²) in [6, 6.07) is 4.16. The maximum Gasteiger partial charge on any atom is 0.133 e. The first-order valence-corrected chi connectivity index (χ1v) is 8.88. The third-order valence-corrected chi connectivity index (χ3v) is 5.17. The third kappa shape index (κ3) is 3.97. The Balaban J connectivity index is 1.50. The summed E-state index contributed by atoms with van der Waals surface area (Å²) in [7, 11) is 2.13. The monoisotopic (exact) mass is 320 g/mol. The minimum Gasteiger partial charge on any atom is -0.462 e. The molecule has 0 spiro atoms. The van der Waals surface area contributed by atoms with Gasteiger partial charge in [-0.1, -0.05) is 0 Å². The number of furan rings is 1. The normalized spacial score (nSPS) is 19.0. The Labute approximate surface area is 136 Å². The average molecular weight is 320 g/mol. The molecule has 4 nitrogen and oxygen atoms in total. The number of likely N-dealkylation sites (N-methyl/N-ethyl adjacent to an activating group) is 1. The van der Waals surface area contributed by atoms with Crippen LogP contribution in [0.2, 0.25) is 0 Å². The standard InChI is InChI=1S/C17H24N2O2S/c1-13-17(22-12-18-13)8-9-19(2)11-14-6-7-16(21-14)15-5-3-4-10-20-15/h6-7,12,15H,3-5,8-11H2,1-2H3. The van der Waals surface area contributed by atoms with Crippen molar-refractivity contribution in [2.75, 3.05) is 20.2 Å². The summed E-state index contributed by atoms with van der Waals surface area (Å²) >= 11 is 1.74. The van der Waals surface area contributed by atoms with Gasteiger partial charge in [0, 0.05) is 18.0 Å². The molecular formula is C17H24N2O2S. The van der Waals surface area contributed by atoms with Crippen LogP contribution < -0.4 is 0 Å². The van der Waals surface area contributed by atoms with Crippen LogP contribution in [-0.2, 0) is 17.7 Å². The summed E-state index contributed by atoms with van der Waals surface area (Å²) in [5, 5.41) is 0. The van der Waals surface area contributed by atoms with Crippen molar-refractivity contribution in [2.45, 2.75) is 45.3 Å². The van der Waals surface area contributed by atoms with Gasteiger partial charge in [0.15, 0.2) is 0 Å². The van der Waals surface area contributed by atoms with E-state index in [1.165, 1.54) is 17.7 Å². The quantitative estimate of drug-likeness (QED) is 0.807. The van der Waals surface area contributed by atoms with Crippen molar-refractivity contribution in [3.05, 3.63) is 39.7 Å². The lowest BCUT2D eigenvalue weighted by Crippen LogP contribution is -2.20. The molecule has 0 bridgehead atoms. The smallest absolute Gasteiger partial charge is 0.133 e. The predicted octanol–water partition coefficient (Wildman–Crippen LogP) is 3.96. The highest BCUT2D eigenvalue weighted by Gasteiger charge is 2.19. The van der Waals surface area contributed by atoms with Gasteiger partial charge in [-0.2, -0.15) is 0 Å². The summed E-state index contributed by atoms with van der Waals surface area (Å²) in [5.74, 6) is 2.01. The highest BCUT2D eigenvalue weighted by atomic mass is 32.1. The van der Waals surface area contributed by atoms with E-state index >= 15 is 0 Å². The molecule has 0 aliphatic carbocycles. The molecule has 1 fully saturated rings. The van der Waals surface area contributed by atoms with Crippen LogP contribution in [-0.4, -0.2) is 30.1 Å². The molecule has 1 atom stereocenters. The van der Waals surface area contributed by atoms with Crippen LogP contribution >= 0.6 is 11.3 Å². The first-order chi connectivity index (χ1) is 10.7. The average Bonchev–Trinajstić information content (AvgIpc) is 3.15. The molecule has 0 saturated carbocycles. The fourth-order valence-corrected chi connectivity index (χ4v) is 3.59. The van der Waals surface area contributed by atoms with Crippen LogP contribution in [0.3, 0.4) is 0 Å². The van der Waals surface area contributed by atoms with Crippen LogP contribution in [0.1, 0.15) is 47.5 Å². The molecule has 0 amide bonds. The summed E-state index contributed by atoms with van der Waals surface area (Å²) in [6.45, 7) is 4.78. The van der Waals surface area contributed by atoms with E-state index in [9.17, 15) is 0 Å². The summed E-state index contributed by atoms with van der Waals surface area (Å²) in [4.78, 5) is 7.97. The number of aryl methyl sites for hydroxylation is 1. The van der Waals surface area contributed by atoms with Crippen molar-refractivity contribution in [1.82, 2.24) is 9.88 Å². The fraction of sp³-hybridized carbons (Fsp3) is 0.588. The van der Waals surface area contributed by atoms with E-state index in [1.807, 2.05) is 5.51 Å². The Morgan fingerprint density at radius 1 is 1.36 bits per heavy atom. The van der Waals surface area contributed by atoms with Gasteiger partial charge in [0.05, 0.1) is 17.7 Å². The maximum absolute atomic E-state index is 5.98. The molecule has 1 unspecified atom stereocenters. The Morgan fingerprint density at radius 2 is 2.27 bits per heavy atom. The Hall–Kier alpha value is -1.17. The van der Waals surface area contributed by atoms with Gasteiger partial charge in [-0.3, -0.25) is 4.90 Å². The molecule has 3 heterocycles. The van der Waals surface area contributed by atoms with Crippen molar-refractivity contribution in [1.29, 1.82) is 0 Å². The number of hydrogen-bond acceptors (Lipinski definition) is 5. The second kappa shape index (κ2) is 7.40. The molecule has 1 aliphatic rings. The van der Waals surface area contributed by atoms with Gasteiger partial charge in [0.1, 0.15) is 17.6 Å². The fourth-order valence-electron chi connectivity index (χ4n) is 2.82. The van der Waals surface area contributed by atoms with Crippen molar-refractivity contribution in [3.8, 4) is 0 Å². The van der Waals surface area contributed by atoms with Gasteiger partial charge >= 0.3 is 0 Å². The topological polar surface area (TPSA) is 38.5 Å². The zero-order valence-corrected chi connectivity index (χ0v) is 14.2. The van der Waals surface area contributed by atoms with E-state index in [0.29, 0.717) is 0 Å². The van der Waals surface area contributed by atoms with Crippen LogP contribution in [0.5, 0.6) is 0 Å². The molecule has 1 saturated heterocycles. The molecule has 5 heteroatoms. The highest BCUT2D eigenvalue weighted by molar-refractivity contribution is 7.09. The third-order valence-electron chi connectivity index (χ3n) is 4.17. The second-order valence-electron chi connectivity index (χ2n) is 6.01. The molecule has 2 aromatic heterocycles. The van der Waals surface area contributed by atoms with E-state index in [4.69, 9.17) is 9.15 Å². The Morgan fingerprint density at radius 3 is 3.00 bits per heavy atom. The molecule has 0 radical (unpaired) electrons. The number of thiazole rings is 1. The first kappa shape index (κ1) is 15.7. The molecule has 0 N–H and O–H groups in total. The maximum atomic E-state index is 5.98. The Kier molecular flexibility index (Phi) is 5.28. The number of nitrogens with zero attached hydrogens (tertiary/aromatic N) is 2. The van der Waals surface area contributed by atoms with Crippen molar-refractivity contribution in [2.24, 2.45) is 0 Å². The summed E-state index contributed by atoms with van der Waals surface area (Å²) in [6.07, 6.45) is 4.69. The number of aromatic nitrogens is 1. The van der Waals surface area contributed by atoms with Gasteiger partial charge in [0.2, 0.25) is 0 Å². The van der Waals surface area contributed by atoms with E-state index in [2.05, 4.69) is 36.0 Å². The summed E-state index contributed by atoms with van der Waals surface area (Å²) < 4.78 is 11.8. The van der Waals surface area contributed by atoms with E-state index in [-0.39, 0.29) is 6.10 Å². The van der Waals surface area contributed by atoms with Gasteiger partial charge in [-0.25, -0.2) is 4.98 Å². The molecule has 3 rings (SSSR count). The van der Waals surface area contributed by atoms with Gasteiger partial charge in [0.25, 0.3) is 0 Å². The van der Waals surface area contributed by atoms with Crippen molar-refractivity contribution < 1.29 is 9.15 Å². The molecule has 1 aliphatic heterocycles. The second-order valence-corrected chi connectivity index (χ2v) is 6.95. The van der Waals surface area contributed by atoms with Crippen LogP contribution in [0.4, 0.5) is 0 Å². The molecule has 2 aromatic rings. The lowest BCUT2D eigenvalue weighted by Gasteiger charge is -2.20. The van der Waals surface area contributed by atoms with E-state index < -0.39 is 0 Å².